The first-order valence-corrected chi connectivity index (χ1v) is 5.91. The number of nitrogens with one attached hydrogen (secondary N) is 1. The molecule has 3 N–H and O–H groups in total. The van der Waals surface area contributed by atoms with E-state index in [1.807, 2.05) is 12.1 Å². The van der Waals surface area contributed by atoms with Crippen LogP contribution >= 0.6 is 0 Å². The van der Waals surface area contributed by atoms with Crippen LogP contribution in [0.4, 0.5) is 0 Å². The second-order valence-electron chi connectivity index (χ2n) is 4.35. The lowest BCUT2D eigenvalue weighted by Crippen LogP contribution is -2.42. The van der Waals surface area contributed by atoms with Crippen molar-refractivity contribution < 1.29 is 4.74 Å². The summed E-state index contributed by atoms with van der Waals surface area (Å²) >= 11 is 0. The lowest BCUT2D eigenvalue weighted by Gasteiger charge is -2.37. The zero-order valence-electron chi connectivity index (χ0n) is 9.78. The van der Waals surface area contributed by atoms with Gasteiger partial charge in [-0.3, -0.25) is 0 Å². The van der Waals surface area contributed by atoms with Crippen LogP contribution in [0.3, 0.4) is 0 Å². The normalized spacial score (nSPS) is 23.9. The minimum Gasteiger partial charge on any atom is -0.496 e. The predicted octanol–water partition coefficient (Wildman–Crippen LogP) is 1.49. The van der Waals surface area contributed by atoms with Gasteiger partial charge in [0.15, 0.2) is 0 Å². The zero-order valence-corrected chi connectivity index (χ0v) is 9.78. The van der Waals surface area contributed by atoms with E-state index in [9.17, 15) is 0 Å². The average Bonchev–Trinajstić information content (AvgIpc) is 2.28. The highest BCUT2D eigenvalue weighted by Crippen LogP contribution is 2.40. The van der Waals surface area contributed by atoms with Gasteiger partial charge in [-0.25, -0.2) is 0 Å². The van der Waals surface area contributed by atoms with Crippen molar-refractivity contribution in [3.8, 4) is 5.75 Å². The first-order chi connectivity index (χ1) is 7.85. The summed E-state index contributed by atoms with van der Waals surface area (Å²) in [5.74, 6) is 1.66. The number of benzene rings is 1. The molecule has 0 atom stereocenters. The molecule has 3 nitrogen and oxygen atoms in total. The average molecular weight is 220 g/mol. The summed E-state index contributed by atoms with van der Waals surface area (Å²) in [5.41, 5.74) is 6.81. The van der Waals surface area contributed by atoms with Crippen LogP contribution in [0.15, 0.2) is 24.3 Å². The van der Waals surface area contributed by atoms with Crippen LogP contribution in [0.1, 0.15) is 24.3 Å². The molecule has 0 radical (unpaired) electrons. The topological polar surface area (TPSA) is 47.3 Å². The summed E-state index contributed by atoms with van der Waals surface area (Å²) in [4.78, 5) is 0. The van der Waals surface area contributed by atoms with Gasteiger partial charge in [-0.2, -0.15) is 0 Å². The largest absolute Gasteiger partial charge is 0.496 e. The van der Waals surface area contributed by atoms with E-state index in [0.29, 0.717) is 12.0 Å². The van der Waals surface area contributed by atoms with E-state index >= 15 is 0 Å². The zero-order chi connectivity index (χ0) is 11.4. The summed E-state index contributed by atoms with van der Waals surface area (Å²) in [6.45, 7) is 1.64. The Kier molecular flexibility index (Phi) is 3.80. The van der Waals surface area contributed by atoms with Gasteiger partial charge in [0.25, 0.3) is 0 Å². The quantitative estimate of drug-likeness (QED) is 0.790. The molecule has 1 aliphatic rings. The smallest absolute Gasteiger partial charge is 0.122 e. The van der Waals surface area contributed by atoms with E-state index in [2.05, 4.69) is 17.4 Å². The lowest BCUT2D eigenvalue weighted by atomic mass is 9.75. The van der Waals surface area contributed by atoms with Gasteiger partial charge in [0.05, 0.1) is 7.11 Å². The van der Waals surface area contributed by atoms with E-state index in [4.69, 9.17) is 10.5 Å². The summed E-state index contributed by atoms with van der Waals surface area (Å²) in [6.07, 6.45) is 2.39. The Labute approximate surface area is 97.0 Å². The number of hydrogen-bond donors (Lipinski definition) is 2. The van der Waals surface area contributed by atoms with Gasteiger partial charge < -0.3 is 15.8 Å². The lowest BCUT2D eigenvalue weighted by molar-refractivity contribution is 0.286. The molecular weight excluding hydrogens is 200 g/mol. The minimum absolute atomic E-state index is 0.637. The molecule has 0 unspecified atom stereocenters. The van der Waals surface area contributed by atoms with Gasteiger partial charge in [-0.05, 0) is 30.4 Å². The Hall–Kier alpha value is -1.06. The molecule has 0 aromatic heterocycles. The Balaban J connectivity index is 1.91. The molecule has 1 aromatic carbocycles. The number of nitrogens with two attached hydrogens (primary N) is 1. The molecule has 88 valence electrons. The summed E-state index contributed by atoms with van der Waals surface area (Å²) in [5, 5.41) is 3.44. The van der Waals surface area contributed by atoms with Crippen LogP contribution in [0, 0.1) is 0 Å². The van der Waals surface area contributed by atoms with Crippen LogP contribution in [0.2, 0.25) is 0 Å². The van der Waals surface area contributed by atoms with Crippen molar-refractivity contribution in [2.45, 2.75) is 24.8 Å². The van der Waals surface area contributed by atoms with Crippen molar-refractivity contribution in [3.05, 3.63) is 29.8 Å². The van der Waals surface area contributed by atoms with E-state index in [1.165, 1.54) is 18.4 Å². The van der Waals surface area contributed by atoms with Gasteiger partial charge in [-0.1, -0.05) is 18.2 Å². The fourth-order valence-corrected chi connectivity index (χ4v) is 2.33. The Bertz CT molecular complexity index is 334. The molecule has 0 saturated heterocycles. The fourth-order valence-electron chi connectivity index (χ4n) is 2.33. The van der Waals surface area contributed by atoms with Crippen LogP contribution in [-0.2, 0) is 0 Å². The first-order valence-electron chi connectivity index (χ1n) is 5.91. The van der Waals surface area contributed by atoms with E-state index in [1.54, 1.807) is 7.11 Å². The van der Waals surface area contributed by atoms with Crippen LogP contribution in [0.25, 0.3) is 0 Å². The van der Waals surface area contributed by atoms with Crippen molar-refractivity contribution in [3.63, 3.8) is 0 Å². The molecule has 1 fully saturated rings. The van der Waals surface area contributed by atoms with Crippen LogP contribution in [-0.4, -0.2) is 26.2 Å². The van der Waals surface area contributed by atoms with Gasteiger partial charge >= 0.3 is 0 Å². The maximum Gasteiger partial charge on any atom is 0.122 e. The van der Waals surface area contributed by atoms with Crippen LogP contribution in [0.5, 0.6) is 5.75 Å². The fraction of sp³-hybridized carbons (Fsp3) is 0.538. The van der Waals surface area contributed by atoms with Gasteiger partial charge in [-0.15, -0.1) is 0 Å². The SMILES string of the molecule is COc1ccccc1C1CC(NCCN)C1. The Morgan fingerprint density at radius 1 is 1.38 bits per heavy atom. The number of ether oxygens (including phenoxy) is 1. The number of methoxy groups -OCH3 is 1. The Morgan fingerprint density at radius 3 is 2.81 bits per heavy atom. The first kappa shape index (κ1) is 11.4. The number of hydrogen-bond acceptors (Lipinski definition) is 3. The molecule has 0 bridgehead atoms. The summed E-state index contributed by atoms with van der Waals surface area (Å²) in [7, 11) is 1.74. The van der Waals surface area contributed by atoms with Crippen molar-refractivity contribution in [2.24, 2.45) is 5.73 Å². The highest BCUT2D eigenvalue weighted by molar-refractivity contribution is 5.37. The molecule has 0 aliphatic heterocycles. The molecule has 1 aliphatic carbocycles. The second kappa shape index (κ2) is 5.32. The van der Waals surface area contributed by atoms with E-state index < -0.39 is 0 Å². The van der Waals surface area contributed by atoms with E-state index in [-0.39, 0.29) is 0 Å². The maximum atomic E-state index is 5.46. The highest BCUT2D eigenvalue weighted by Gasteiger charge is 2.31. The molecule has 0 spiro atoms. The molecule has 0 amide bonds. The van der Waals surface area contributed by atoms with Crippen molar-refractivity contribution in [1.82, 2.24) is 5.32 Å². The highest BCUT2D eigenvalue weighted by atomic mass is 16.5. The van der Waals surface area contributed by atoms with Gasteiger partial charge in [0, 0.05) is 19.1 Å². The number of rotatable bonds is 5. The second-order valence-corrected chi connectivity index (χ2v) is 4.35. The van der Waals surface area contributed by atoms with Crippen molar-refractivity contribution in [1.29, 1.82) is 0 Å². The van der Waals surface area contributed by atoms with Gasteiger partial charge in [0.2, 0.25) is 0 Å². The summed E-state index contributed by atoms with van der Waals surface area (Å²) < 4.78 is 5.38. The van der Waals surface area contributed by atoms with Gasteiger partial charge in [0.1, 0.15) is 5.75 Å². The molecule has 2 rings (SSSR count). The molecule has 1 aromatic rings. The molecular formula is C13H20N2O. The van der Waals surface area contributed by atoms with Crippen molar-refractivity contribution in [2.75, 3.05) is 20.2 Å². The third kappa shape index (κ3) is 2.36. The Morgan fingerprint density at radius 2 is 2.12 bits per heavy atom. The summed E-state index contributed by atoms with van der Waals surface area (Å²) in [6, 6.07) is 8.95. The molecule has 1 saturated carbocycles. The molecule has 16 heavy (non-hydrogen) atoms. The molecule has 3 heteroatoms. The van der Waals surface area contributed by atoms with Crippen molar-refractivity contribution >= 4 is 0 Å². The third-order valence-corrected chi connectivity index (χ3v) is 3.29. The third-order valence-electron chi connectivity index (χ3n) is 3.29. The minimum atomic E-state index is 0.637. The predicted molar refractivity (Wildman–Crippen MR) is 65.8 cm³/mol. The molecule has 0 heterocycles. The number of para-hydroxylation sites is 1. The monoisotopic (exact) mass is 220 g/mol. The maximum absolute atomic E-state index is 5.46. The standard InChI is InChI=1S/C13H20N2O/c1-16-13-5-3-2-4-12(13)10-8-11(9-10)15-7-6-14/h2-5,10-11,15H,6-9,14H2,1H3. The van der Waals surface area contributed by atoms with E-state index in [0.717, 1.165) is 18.8 Å². The van der Waals surface area contributed by atoms with Crippen LogP contribution < -0.4 is 15.8 Å².